The lowest BCUT2D eigenvalue weighted by atomic mass is 10.1. The molecule has 4 nitrogen and oxygen atoms in total. The van der Waals surface area contributed by atoms with Crippen molar-refractivity contribution in [2.75, 3.05) is 18.6 Å². The second-order valence-electron chi connectivity index (χ2n) is 5.80. The van der Waals surface area contributed by atoms with Crippen LogP contribution in [0.5, 0.6) is 0 Å². The van der Waals surface area contributed by atoms with Gasteiger partial charge in [0.15, 0.2) is 0 Å². The van der Waals surface area contributed by atoms with E-state index in [1.54, 1.807) is 25.5 Å². The number of anilines is 1. The van der Waals surface area contributed by atoms with Crippen LogP contribution in [0.3, 0.4) is 0 Å². The lowest BCUT2D eigenvalue weighted by Crippen LogP contribution is -2.06. The largest absolute Gasteiger partial charge is 0.321 e. The summed E-state index contributed by atoms with van der Waals surface area (Å²) >= 11 is 0. The molecule has 1 amide bonds. The van der Waals surface area contributed by atoms with Gasteiger partial charge in [-0.05, 0) is 44.5 Å². The standard InChI is InChI=1S/C17H17N2O2P/c1-11-5-4-6-12(18-11)9-15-14-8-7-13(22(2,3)21)10-16(14)19-17(15)20/h4-10H,1-3H3,(H,19,20). The Hall–Kier alpha value is -2.19. The number of rotatable bonds is 2. The summed E-state index contributed by atoms with van der Waals surface area (Å²) in [7, 11) is -2.35. The Balaban J connectivity index is 2.07. The van der Waals surface area contributed by atoms with Gasteiger partial charge in [0, 0.05) is 22.2 Å². The van der Waals surface area contributed by atoms with Crippen molar-refractivity contribution >= 4 is 35.7 Å². The smallest absolute Gasteiger partial charge is 0.256 e. The molecule has 0 atom stereocenters. The lowest BCUT2D eigenvalue weighted by molar-refractivity contribution is -0.110. The number of carbonyl (C=O) groups is 1. The van der Waals surface area contributed by atoms with Crippen LogP contribution in [0.25, 0.3) is 11.6 Å². The second-order valence-corrected chi connectivity index (χ2v) is 9.01. The van der Waals surface area contributed by atoms with Gasteiger partial charge < -0.3 is 9.88 Å². The number of aromatic nitrogens is 1. The van der Waals surface area contributed by atoms with Crippen molar-refractivity contribution in [3.05, 3.63) is 53.3 Å². The fraction of sp³-hybridized carbons (Fsp3) is 0.176. The van der Waals surface area contributed by atoms with Gasteiger partial charge in [0.1, 0.15) is 7.14 Å². The summed E-state index contributed by atoms with van der Waals surface area (Å²) in [4.78, 5) is 16.6. The molecule has 0 spiro atoms. The van der Waals surface area contributed by atoms with Crippen molar-refractivity contribution < 1.29 is 9.36 Å². The number of carbonyl (C=O) groups excluding carboxylic acids is 1. The summed E-state index contributed by atoms with van der Waals surface area (Å²) in [6, 6.07) is 11.2. The lowest BCUT2D eigenvalue weighted by Gasteiger charge is -2.08. The van der Waals surface area contributed by atoms with Crippen LogP contribution in [0.15, 0.2) is 36.4 Å². The number of hydrogen-bond donors (Lipinski definition) is 1. The van der Waals surface area contributed by atoms with Gasteiger partial charge in [0.2, 0.25) is 0 Å². The monoisotopic (exact) mass is 312 g/mol. The van der Waals surface area contributed by atoms with Crippen molar-refractivity contribution in [3.8, 4) is 0 Å². The Bertz CT molecular complexity index is 849. The summed E-state index contributed by atoms with van der Waals surface area (Å²) < 4.78 is 12.2. The Morgan fingerprint density at radius 2 is 1.95 bits per heavy atom. The Kier molecular flexibility index (Phi) is 3.50. The van der Waals surface area contributed by atoms with Crippen LogP contribution >= 0.6 is 7.14 Å². The minimum atomic E-state index is -2.35. The third-order valence-corrected chi connectivity index (χ3v) is 5.13. The maximum atomic E-state index is 12.2. The van der Waals surface area contributed by atoms with Crippen molar-refractivity contribution in [3.63, 3.8) is 0 Å². The van der Waals surface area contributed by atoms with Gasteiger partial charge in [0.25, 0.3) is 5.91 Å². The van der Waals surface area contributed by atoms with Crippen LogP contribution in [0.4, 0.5) is 5.69 Å². The molecule has 0 fully saturated rings. The Labute approximate surface area is 129 Å². The van der Waals surface area contributed by atoms with E-state index in [0.717, 1.165) is 22.3 Å². The molecule has 1 aliphatic rings. The number of hydrogen-bond acceptors (Lipinski definition) is 3. The highest BCUT2D eigenvalue weighted by Gasteiger charge is 2.26. The highest BCUT2D eigenvalue weighted by atomic mass is 31.2. The van der Waals surface area contributed by atoms with Crippen molar-refractivity contribution in [1.82, 2.24) is 4.98 Å². The number of fused-ring (bicyclic) bond motifs is 1. The molecule has 1 N–H and O–H groups in total. The van der Waals surface area contributed by atoms with Gasteiger partial charge in [-0.3, -0.25) is 9.78 Å². The van der Waals surface area contributed by atoms with Gasteiger partial charge in [-0.15, -0.1) is 0 Å². The molecule has 0 saturated carbocycles. The molecule has 1 aliphatic heterocycles. The SMILES string of the molecule is Cc1cccc(C=C2C(=O)Nc3cc(P(C)(C)=O)ccc32)n1. The van der Waals surface area contributed by atoms with Crippen LogP contribution in [0, 0.1) is 6.92 Å². The van der Waals surface area contributed by atoms with Crippen molar-refractivity contribution in [2.24, 2.45) is 0 Å². The minimum absolute atomic E-state index is 0.155. The quantitative estimate of drug-likeness (QED) is 0.684. The predicted molar refractivity (Wildman–Crippen MR) is 91.0 cm³/mol. The van der Waals surface area contributed by atoms with E-state index in [0.29, 0.717) is 11.3 Å². The van der Waals surface area contributed by atoms with Crippen LogP contribution in [-0.2, 0) is 9.36 Å². The first-order chi connectivity index (χ1) is 10.3. The molecular formula is C17H17N2O2P. The van der Waals surface area contributed by atoms with E-state index in [1.165, 1.54) is 0 Å². The summed E-state index contributed by atoms with van der Waals surface area (Å²) in [6.07, 6.45) is 1.78. The molecule has 0 radical (unpaired) electrons. The van der Waals surface area contributed by atoms with Gasteiger partial charge >= 0.3 is 0 Å². The normalized spacial score (nSPS) is 15.8. The summed E-state index contributed by atoms with van der Waals surface area (Å²) in [5.74, 6) is -0.155. The van der Waals surface area contributed by atoms with E-state index in [1.807, 2.05) is 37.3 Å². The van der Waals surface area contributed by atoms with Crippen LogP contribution < -0.4 is 10.6 Å². The Morgan fingerprint density at radius 1 is 1.18 bits per heavy atom. The van der Waals surface area contributed by atoms with Gasteiger partial charge in [0.05, 0.1) is 11.3 Å². The molecule has 5 heteroatoms. The topological polar surface area (TPSA) is 59.1 Å². The zero-order valence-electron chi connectivity index (χ0n) is 12.8. The molecule has 2 aromatic rings. The number of nitrogens with one attached hydrogen (secondary N) is 1. The number of amides is 1. The zero-order chi connectivity index (χ0) is 15.9. The van der Waals surface area contributed by atoms with Crippen LogP contribution in [0.1, 0.15) is 17.0 Å². The molecular weight excluding hydrogens is 295 g/mol. The fourth-order valence-electron chi connectivity index (χ4n) is 2.45. The first-order valence-corrected chi connectivity index (χ1v) is 9.61. The van der Waals surface area contributed by atoms with Crippen molar-refractivity contribution in [2.45, 2.75) is 6.92 Å². The number of pyridine rings is 1. The molecule has 0 bridgehead atoms. The third kappa shape index (κ3) is 2.75. The number of aryl methyl sites for hydroxylation is 1. The van der Waals surface area contributed by atoms with E-state index in [9.17, 15) is 9.36 Å². The van der Waals surface area contributed by atoms with Crippen LogP contribution in [-0.4, -0.2) is 24.2 Å². The van der Waals surface area contributed by atoms with E-state index >= 15 is 0 Å². The molecule has 2 heterocycles. The average Bonchev–Trinajstić information content (AvgIpc) is 2.73. The molecule has 112 valence electrons. The molecule has 1 aromatic heterocycles. The molecule has 1 aromatic carbocycles. The minimum Gasteiger partial charge on any atom is -0.321 e. The van der Waals surface area contributed by atoms with Gasteiger partial charge in [-0.1, -0.05) is 18.2 Å². The number of benzene rings is 1. The summed E-state index contributed by atoms with van der Waals surface area (Å²) in [5.41, 5.74) is 3.78. The summed E-state index contributed by atoms with van der Waals surface area (Å²) in [6.45, 7) is 5.36. The maximum Gasteiger partial charge on any atom is 0.256 e. The maximum absolute atomic E-state index is 12.2. The molecule has 0 unspecified atom stereocenters. The molecule has 3 rings (SSSR count). The molecule has 22 heavy (non-hydrogen) atoms. The molecule has 0 saturated heterocycles. The van der Waals surface area contributed by atoms with E-state index in [-0.39, 0.29) is 5.91 Å². The highest BCUT2D eigenvalue weighted by Crippen LogP contribution is 2.39. The Morgan fingerprint density at radius 3 is 2.64 bits per heavy atom. The first-order valence-electron chi connectivity index (χ1n) is 7.01. The predicted octanol–water partition coefficient (Wildman–Crippen LogP) is 3.13. The average molecular weight is 312 g/mol. The van der Waals surface area contributed by atoms with Crippen LogP contribution in [0.2, 0.25) is 0 Å². The summed E-state index contributed by atoms with van der Waals surface area (Å²) in [5, 5.41) is 3.60. The van der Waals surface area contributed by atoms with Gasteiger partial charge in [-0.25, -0.2) is 0 Å². The zero-order valence-corrected chi connectivity index (χ0v) is 13.6. The number of nitrogens with zero attached hydrogens (tertiary/aromatic N) is 1. The van der Waals surface area contributed by atoms with E-state index < -0.39 is 7.14 Å². The van der Waals surface area contributed by atoms with E-state index in [2.05, 4.69) is 10.3 Å². The van der Waals surface area contributed by atoms with Crippen molar-refractivity contribution in [1.29, 1.82) is 0 Å². The van der Waals surface area contributed by atoms with E-state index in [4.69, 9.17) is 0 Å². The first kappa shape index (κ1) is 14.7. The third-order valence-electron chi connectivity index (χ3n) is 3.61. The second kappa shape index (κ2) is 5.22. The molecule has 0 aliphatic carbocycles. The highest BCUT2D eigenvalue weighted by molar-refractivity contribution is 7.70. The van der Waals surface area contributed by atoms with Gasteiger partial charge in [-0.2, -0.15) is 0 Å². The fourth-order valence-corrected chi connectivity index (χ4v) is 3.33.